The number of nitrogens with zero attached hydrogens (tertiary/aromatic N) is 2. The number of carbonyl (C=O) groups is 1. The zero-order valence-corrected chi connectivity index (χ0v) is 9.67. The summed E-state index contributed by atoms with van der Waals surface area (Å²) in [5.41, 5.74) is -1.04. The van der Waals surface area contributed by atoms with Crippen LogP contribution >= 0.6 is 0 Å². The number of nitrogens with one attached hydrogen (secondary N) is 1. The van der Waals surface area contributed by atoms with Crippen LogP contribution in [0.2, 0.25) is 0 Å². The van der Waals surface area contributed by atoms with Crippen molar-refractivity contribution in [2.75, 3.05) is 6.61 Å². The lowest BCUT2D eigenvalue weighted by molar-refractivity contribution is -0.143. The highest BCUT2D eigenvalue weighted by molar-refractivity contribution is 5.73. The van der Waals surface area contributed by atoms with Gasteiger partial charge in [-0.1, -0.05) is 0 Å². The third-order valence-electron chi connectivity index (χ3n) is 2.35. The summed E-state index contributed by atoms with van der Waals surface area (Å²) in [7, 11) is 0. The molecule has 0 bridgehead atoms. The van der Waals surface area contributed by atoms with E-state index in [4.69, 9.17) is 4.74 Å². The molecule has 0 saturated carbocycles. The number of pyridine rings is 1. The first-order valence-electron chi connectivity index (χ1n) is 5.37. The van der Waals surface area contributed by atoms with Gasteiger partial charge >= 0.3 is 11.7 Å². The van der Waals surface area contributed by atoms with E-state index in [9.17, 15) is 14.4 Å². The van der Waals surface area contributed by atoms with Crippen LogP contribution in [0.5, 0.6) is 0 Å². The fraction of sp³-hybridized carbons (Fsp3) is 0.273. The van der Waals surface area contributed by atoms with E-state index in [0.29, 0.717) is 0 Å². The number of rotatable bonds is 3. The number of hydrogen-bond donors (Lipinski definition) is 1. The van der Waals surface area contributed by atoms with Gasteiger partial charge in [0.05, 0.1) is 12.0 Å². The second-order valence-corrected chi connectivity index (χ2v) is 3.53. The van der Waals surface area contributed by atoms with Crippen molar-refractivity contribution >= 4 is 17.0 Å². The molecule has 0 atom stereocenters. The predicted octanol–water partition coefficient (Wildman–Crippen LogP) is -0.352. The van der Waals surface area contributed by atoms with Gasteiger partial charge in [-0.3, -0.25) is 14.6 Å². The Kier molecular flexibility index (Phi) is 3.22. The summed E-state index contributed by atoms with van der Waals surface area (Å²) in [5.74, 6) is -0.631. The molecule has 0 fully saturated rings. The first kappa shape index (κ1) is 12.0. The van der Waals surface area contributed by atoms with Crippen molar-refractivity contribution < 1.29 is 9.53 Å². The molecule has 0 amide bonds. The van der Waals surface area contributed by atoms with Crippen LogP contribution in [0.25, 0.3) is 11.0 Å². The van der Waals surface area contributed by atoms with E-state index >= 15 is 0 Å². The molecule has 1 N–H and O–H groups in total. The molecule has 7 heteroatoms. The summed E-state index contributed by atoms with van der Waals surface area (Å²) in [6.07, 6.45) is 1.47. The number of aromatic nitrogens is 3. The Bertz CT molecular complexity index is 701. The summed E-state index contributed by atoms with van der Waals surface area (Å²) in [6.45, 7) is 1.43. The van der Waals surface area contributed by atoms with E-state index in [0.717, 1.165) is 4.57 Å². The van der Waals surface area contributed by atoms with Crippen LogP contribution in [0, 0.1) is 0 Å². The fourth-order valence-corrected chi connectivity index (χ4v) is 1.56. The molecule has 7 nitrogen and oxygen atoms in total. The fourth-order valence-electron chi connectivity index (χ4n) is 1.56. The summed E-state index contributed by atoms with van der Waals surface area (Å²) >= 11 is 0. The number of hydrogen-bond acceptors (Lipinski definition) is 5. The van der Waals surface area contributed by atoms with Crippen molar-refractivity contribution in [1.82, 2.24) is 14.5 Å². The Hall–Kier alpha value is -2.44. The first-order valence-corrected chi connectivity index (χ1v) is 5.37. The van der Waals surface area contributed by atoms with Crippen LogP contribution in [0.3, 0.4) is 0 Å². The van der Waals surface area contributed by atoms with Gasteiger partial charge in [0.1, 0.15) is 12.2 Å². The van der Waals surface area contributed by atoms with Gasteiger partial charge in [-0.2, -0.15) is 0 Å². The maximum Gasteiger partial charge on any atom is 0.330 e. The van der Waals surface area contributed by atoms with Gasteiger partial charge in [0, 0.05) is 6.20 Å². The zero-order valence-electron chi connectivity index (χ0n) is 9.67. The predicted molar refractivity (Wildman–Crippen MR) is 63.3 cm³/mol. The SMILES string of the molecule is CCOC(=O)Cn1c(=O)[nH]c2ncccc2c1=O. The smallest absolute Gasteiger partial charge is 0.330 e. The van der Waals surface area contributed by atoms with Gasteiger partial charge in [-0.15, -0.1) is 0 Å². The van der Waals surface area contributed by atoms with Crippen LogP contribution in [0.1, 0.15) is 6.92 Å². The minimum absolute atomic E-state index is 0.195. The highest BCUT2D eigenvalue weighted by atomic mass is 16.5. The average Bonchev–Trinajstić information content (AvgIpc) is 2.35. The molecule has 0 aromatic carbocycles. The number of carbonyl (C=O) groups excluding carboxylic acids is 1. The van der Waals surface area contributed by atoms with Crippen molar-refractivity contribution in [2.45, 2.75) is 13.5 Å². The quantitative estimate of drug-likeness (QED) is 0.750. The van der Waals surface area contributed by atoms with Gasteiger partial charge in [-0.25, -0.2) is 14.3 Å². The van der Waals surface area contributed by atoms with Crippen LogP contribution in [-0.4, -0.2) is 27.1 Å². The molecule has 0 aliphatic heterocycles. The van der Waals surface area contributed by atoms with Crippen LogP contribution in [-0.2, 0) is 16.1 Å². The van der Waals surface area contributed by atoms with Crippen molar-refractivity contribution in [3.05, 3.63) is 39.2 Å². The summed E-state index contributed by atoms with van der Waals surface area (Å²) in [6, 6.07) is 3.11. The van der Waals surface area contributed by atoms with E-state index in [2.05, 4.69) is 9.97 Å². The second kappa shape index (κ2) is 4.82. The molecule has 94 valence electrons. The van der Waals surface area contributed by atoms with Gasteiger partial charge in [0.2, 0.25) is 0 Å². The molecular formula is C11H11N3O4. The number of esters is 1. The van der Waals surface area contributed by atoms with E-state index in [1.165, 1.54) is 12.3 Å². The number of H-pyrrole nitrogens is 1. The lowest BCUT2D eigenvalue weighted by Crippen LogP contribution is -2.37. The molecule has 0 saturated heterocycles. The molecular weight excluding hydrogens is 238 g/mol. The minimum Gasteiger partial charge on any atom is -0.465 e. The standard InChI is InChI=1S/C11H11N3O4/c1-2-18-8(15)6-14-10(16)7-4-3-5-12-9(7)13-11(14)17/h3-5H,2,6H2,1H3,(H,12,13,17). The lowest BCUT2D eigenvalue weighted by Gasteiger charge is -2.05. The molecule has 18 heavy (non-hydrogen) atoms. The van der Waals surface area contributed by atoms with Crippen LogP contribution in [0.15, 0.2) is 27.9 Å². The van der Waals surface area contributed by atoms with E-state index in [1.54, 1.807) is 13.0 Å². The molecule has 2 aromatic heterocycles. The topological polar surface area (TPSA) is 94.1 Å². The number of ether oxygens (including phenoxy) is 1. The molecule has 0 radical (unpaired) electrons. The Morgan fingerprint density at radius 1 is 1.50 bits per heavy atom. The largest absolute Gasteiger partial charge is 0.465 e. The molecule has 0 spiro atoms. The summed E-state index contributed by atoms with van der Waals surface area (Å²) in [5, 5.41) is 0.251. The van der Waals surface area contributed by atoms with Gasteiger partial charge in [0.15, 0.2) is 0 Å². The maximum absolute atomic E-state index is 12.0. The van der Waals surface area contributed by atoms with Gasteiger partial charge in [0.25, 0.3) is 5.56 Å². The van der Waals surface area contributed by atoms with Crippen LogP contribution < -0.4 is 11.2 Å². The molecule has 0 aliphatic rings. The Balaban J connectivity index is 2.55. The zero-order chi connectivity index (χ0) is 13.1. The first-order chi connectivity index (χ1) is 8.63. The number of fused-ring (bicyclic) bond motifs is 1. The second-order valence-electron chi connectivity index (χ2n) is 3.53. The van der Waals surface area contributed by atoms with Crippen molar-refractivity contribution in [3.63, 3.8) is 0 Å². The van der Waals surface area contributed by atoms with Crippen molar-refractivity contribution in [2.24, 2.45) is 0 Å². The highest BCUT2D eigenvalue weighted by Gasteiger charge is 2.11. The number of aromatic amines is 1. The van der Waals surface area contributed by atoms with Crippen molar-refractivity contribution in [1.29, 1.82) is 0 Å². The van der Waals surface area contributed by atoms with Crippen LogP contribution in [0.4, 0.5) is 0 Å². The van der Waals surface area contributed by atoms with E-state index in [1.807, 2.05) is 0 Å². The van der Waals surface area contributed by atoms with E-state index in [-0.39, 0.29) is 17.6 Å². The third-order valence-corrected chi connectivity index (χ3v) is 2.35. The molecule has 0 unspecified atom stereocenters. The Morgan fingerprint density at radius 3 is 3.00 bits per heavy atom. The maximum atomic E-state index is 12.0. The summed E-state index contributed by atoms with van der Waals surface area (Å²) in [4.78, 5) is 41.2. The average molecular weight is 249 g/mol. The molecule has 2 aromatic rings. The molecule has 0 aliphatic carbocycles. The summed E-state index contributed by atoms with van der Waals surface area (Å²) < 4.78 is 5.49. The van der Waals surface area contributed by atoms with Crippen molar-refractivity contribution in [3.8, 4) is 0 Å². The monoisotopic (exact) mass is 249 g/mol. The molecule has 2 heterocycles. The van der Waals surface area contributed by atoms with Gasteiger partial charge < -0.3 is 4.74 Å². The molecule has 2 rings (SSSR count). The Morgan fingerprint density at radius 2 is 2.28 bits per heavy atom. The third kappa shape index (κ3) is 2.15. The van der Waals surface area contributed by atoms with Gasteiger partial charge in [-0.05, 0) is 19.1 Å². The Labute approximate surface area is 101 Å². The lowest BCUT2D eigenvalue weighted by atomic mass is 10.3. The van der Waals surface area contributed by atoms with E-state index < -0.39 is 23.8 Å². The highest BCUT2D eigenvalue weighted by Crippen LogP contribution is 1.98. The minimum atomic E-state index is -0.681. The normalized spacial score (nSPS) is 10.5.